The Morgan fingerprint density at radius 1 is 1.26 bits per heavy atom. The Bertz CT molecular complexity index is 644. The molecule has 8 atom stereocenters. The number of hydrogen-bond acceptors (Lipinski definition) is 4. The van der Waals surface area contributed by atoms with Crippen molar-refractivity contribution in [1.29, 1.82) is 0 Å². The first-order chi connectivity index (χ1) is 12.9. The topological polar surface area (TPSA) is 62.0 Å². The van der Waals surface area contributed by atoms with Gasteiger partial charge in [0.15, 0.2) is 0 Å². The Morgan fingerprint density at radius 2 is 2.04 bits per heavy atom. The largest absolute Gasteiger partial charge is 0.411 e. The van der Waals surface area contributed by atoms with Crippen molar-refractivity contribution in [1.82, 2.24) is 0 Å². The monoisotopic (exact) mass is 375 g/mol. The molecule has 0 radical (unpaired) electrons. The summed E-state index contributed by atoms with van der Waals surface area (Å²) in [5.41, 5.74) is 2.79. The number of rotatable bonds is 2. The third kappa shape index (κ3) is 2.73. The summed E-state index contributed by atoms with van der Waals surface area (Å²) in [5, 5.41) is 24.6. The van der Waals surface area contributed by atoms with E-state index in [4.69, 9.17) is 4.74 Å². The van der Waals surface area contributed by atoms with E-state index in [1.54, 1.807) is 5.57 Å². The molecular weight excluding hydrogens is 338 g/mol. The quantitative estimate of drug-likeness (QED) is 0.414. The Labute approximate surface area is 164 Å². The molecule has 0 saturated heterocycles. The van der Waals surface area contributed by atoms with Crippen LogP contribution in [0.2, 0.25) is 0 Å². The van der Waals surface area contributed by atoms with E-state index in [9.17, 15) is 10.3 Å². The summed E-state index contributed by atoms with van der Waals surface area (Å²) in [7, 11) is 0. The van der Waals surface area contributed by atoms with Crippen LogP contribution in [0.4, 0.5) is 0 Å². The standard InChI is InChI=1S/C23H37NO3/c1-5-14-8-10-17-16-9-7-15-11-19(25)20(27-6-2)13-23(15,4)21(16)18(24-26)12-22(14,17)3/h5,15-17,19-21,25-26H,6-13H2,1-4H3/b14-5+,24-18+/t15-,16-,17-,19-,20-,21+,22+,23-/m0/s1. The minimum Gasteiger partial charge on any atom is -0.411 e. The van der Waals surface area contributed by atoms with Gasteiger partial charge in [-0.2, -0.15) is 0 Å². The molecule has 0 aromatic heterocycles. The number of hydrogen-bond donors (Lipinski definition) is 2. The van der Waals surface area contributed by atoms with Gasteiger partial charge in [-0.1, -0.05) is 30.7 Å². The van der Waals surface area contributed by atoms with Crippen LogP contribution in [0.3, 0.4) is 0 Å². The summed E-state index contributed by atoms with van der Waals surface area (Å²) in [6.07, 6.45) is 9.31. The van der Waals surface area contributed by atoms with Crippen molar-refractivity contribution in [3.05, 3.63) is 11.6 Å². The zero-order valence-corrected chi connectivity index (χ0v) is 17.4. The van der Waals surface area contributed by atoms with E-state index >= 15 is 0 Å². The highest BCUT2D eigenvalue weighted by Crippen LogP contribution is 2.66. The third-order valence-electron chi connectivity index (χ3n) is 9.07. The molecule has 4 rings (SSSR count). The smallest absolute Gasteiger partial charge is 0.0839 e. The van der Waals surface area contributed by atoms with Gasteiger partial charge in [0.1, 0.15) is 0 Å². The lowest BCUT2D eigenvalue weighted by atomic mass is 9.44. The number of allylic oxidation sites excluding steroid dienone is 2. The summed E-state index contributed by atoms with van der Waals surface area (Å²) in [5.74, 6) is 2.10. The van der Waals surface area contributed by atoms with E-state index < -0.39 is 0 Å². The van der Waals surface area contributed by atoms with E-state index in [-0.39, 0.29) is 23.0 Å². The zero-order valence-electron chi connectivity index (χ0n) is 17.4. The Morgan fingerprint density at radius 3 is 2.70 bits per heavy atom. The van der Waals surface area contributed by atoms with Crippen molar-refractivity contribution in [2.75, 3.05) is 6.61 Å². The number of aliphatic hydroxyl groups is 1. The van der Waals surface area contributed by atoms with Gasteiger partial charge in [-0.15, -0.1) is 0 Å². The number of ether oxygens (including phenoxy) is 1. The molecule has 0 amide bonds. The van der Waals surface area contributed by atoms with Crippen molar-refractivity contribution in [3.8, 4) is 0 Å². The SMILES string of the molecule is C/C=C1\CC[C@H]2[C@@H]3CC[C@H]4C[C@H](O)[C@@H](OCC)C[C@]4(C)[C@H]3/C(=N/O)C[C@]12C. The maximum absolute atomic E-state index is 10.6. The van der Waals surface area contributed by atoms with Crippen molar-refractivity contribution in [2.24, 2.45) is 39.7 Å². The fourth-order valence-electron chi connectivity index (χ4n) is 7.91. The molecule has 152 valence electrons. The molecule has 4 aliphatic rings. The maximum atomic E-state index is 10.6. The normalized spacial score (nSPS) is 52.5. The highest BCUT2D eigenvalue weighted by atomic mass is 16.5. The predicted octanol–water partition coefficient (Wildman–Crippen LogP) is 4.79. The summed E-state index contributed by atoms with van der Waals surface area (Å²) in [6.45, 7) is 9.62. The molecule has 4 nitrogen and oxygen atoms in total. The summed E-state index contributed by atoms with van der Waals surface area (Å²) >= 11 is 0. The molecule has 0 heterocycles. The number of nitrogens with zero attached hydrogens (tertiary/aromatic N) is 1. The van der Waals surface area contributed by atoms with Crippen LogP contribution < -0.4 is 0 Å². The summed E-state index contributed by atoms with van der Waals surface area (Å²) < 4.78 is 5.94. The zero-order chi connectivity index (χ0) is 19.4. The van der Waals surface area contributed by atoms with Crippen LogP contribution in [-0.4, -0.2) is 34.8 Å². The van der Waals surface area contributed by atoms with Crippen LogP contribution in [0.25, 0.3) is 0 Å². The van der Waals surface area contributed by atoms with E-state index in [0.717, 1.165) is 25.0 Å². The molecule has 4 saturated carbocycles. The van der Waals surface area contributed by atoms with Gasteiger partial charge in [0.25, 0.3) is 0 Å². The van der Waals surface area contributed by atoms with Crippen LogP contribution in [0, 0.1) is 34.5 Å². The molecule has 0 bridgehead atoms. The minimum atomic E-state index is -0.357. The fourth-order valence-corrected chi connectivity index (χ4v) is 7.91. The second-order valence-corrected chi connectivity index (χ2v) is 10.1. The first-order valence-corrected chi connectivity index (χ1v) is 11.0. The van der Waals surface area contributed by atoms with Crippen molar-refractivity contribution in [2.45, 2.75) is 84.8 Å². The van der Waals surface area contributed by atoms with Gasteiger partial charge in [0, 0.05) is 12.5 Å². The Hall–Kier alpha value is -0.870. The van der Waals surface area contributed by atoms with Crippen LogP contribution in [0.5, 0.6) is 0 Å². The number of fused-ring (bicyclic) bond motifs is 5. The highest BCUT2D eigenvalue weighted by molar-refractivity contribution is 5.89. The van der Waals surface area contributed by atoms with Crippen molar-refractivity contribution >= 4 is 5.71 Å². The highest BCUT2D eigenvalue weighted by Gasteiger charge is 2.62. The van der Waals surface area contributed by atoms with Gasteiger partial charge in [-0.05, 0) is 87.4 Å². The lowest BCUT2D eigenvalue weighted by molar-refractivity contribution is -0.146. The maximum Gasteiger partial charge on any atom is 0.0839 e. The number of aliphatic hydroxyl groups excluding tert-OH is 1. The first kappa shape index (κ1) is 19.4. The van der Waals surface area contributed by atoms with Gasteiger partial charge < -0.3 is 15.1 Å². The molecule has 0 aliphatic heterocycles. The molecule has 27 heavy (non-hydrogen) atoms. The fraction of sp³-hybridized carbons (Fsp3) is 0.870. The lowest BCUT2D eigenvalue weighted by Gasteiger charge is -2.61. The van der Waals surface area contributed by atoms with Crippen LogP contribution in [-0.2, 0) is 4.74 Å². The minimum absolute atomic E-state index is 0.0591. The number of oxime groups is 1. The molecule has 0 spiro atoms. The molecule has 0 aromatic carbocycles. The van der Waals surface area contributed by atoms with E-state index in [0.29, 0.717) is 30.3 Å². The van der Waals surface area contributed by atoms with E-state index in [1.165, 1.54) is 25.7 Å². The third-order valence-corrected chi connectivity index (χ3v) is 9.07. The summed E-state index contributed by atoms with van der Waals surface area (Å²) in [4.78, 5) is 0. The Kier molecular flexibility index (Phi) is 4.95. The molecular formula is C23H37NO3. The van der Waals surface area contributed by atoms with Crippen molar-refractivity contribution < 1.29 is 15.1 Å². The van der Waals surface area contributed by atoms with Gasteiger partial charge >= 0.3 is 0 Å². The van der Waals surface area contributed by atoms with Crippen LogP contribution >= 0.6 is 0 Å². The lowest BCUT2D eigenvalue weighted by Crippen LogP contribution is -2.59. The van der Waals surface area contributed by atoms with Crippen LogP contribution in [0.15, 0.2) is 16.8 Å². The molecule has 2 N–H and O–H groups in total. The second kappa shape index (κ2) is 6.88. The van der Waals surface area contributed by atoms with E-state index in [1.807, 2.05) is 6.92 Å². The molecule has 4 heteroatoms. The van der Waals surface area contributed by atoms with Crippen molar-refractivity contribution in [3.63, 3.8) is 0 Å². The van der Waals surface area contributed by atoms with Crippen LogP contribution in [0.1, 0.15) is 72.6 Å². The second-order valence-electron chi connectivity index (χ2n) is 10.1. The predicted molar refractivity (Wildman–Crippen MR) is 107 cm³/mol. The summed E-state index contributed by atoms with van der Waals surface area (Å²) in [6, 6.07) is 0. The average molecular weight is 376 g/mol. The average Bonchev–Trinajstić information content (AvgIpc) is 2.98. The van der Waals surface area contributed by atoms with Gasteiger partial charge in [-0.25, -0.2) is 0 Å². The molecule has 4 aliphatic carbocycles. The Balaban J connectivity index is 1.72. The van der Waals surface area contributed by atoms with Gasteiger partial charge in [0.2, 0.25) is 0 Å². The van der Waals surface area contributed by atoms with Gasteiger partial charge in [0.05, 0.1) is 17.9 Å². The molecule has 4 fully saturated rings. The first-order valence-electron chi connectivity index (χ1n) is 11.0. The molecule has 0 aromatic rings. The van der Waals surface area contributed by atoms with E-state index in [2.05, 4.69) is 32.0 Å². The van der Waals surface area contributed by atoms with Gasteiger partial charge in [-0.3, -0.25) is 0 Å². The molecule has 0 unspecified atom stereocenters.